The van der Waals surface area contributed by atoms with Crippen LogP contribution in [0.25, 0.3) is 0 Å². The highest BCUT2D eigenvalue weighted by Crippen LogP contribution is 2.33. The van der Waals surface area contributed by atoms with Crippen LogP contribution in [0, 0.1) is 13.8 Å². The van der Waals surface area contributed by atoms with Gasteiger partial charge in [-0.15, -0.1) is 11.8 Å². The van der Waals surface area contributed by atoms with Crippen molar-refractivity contribution in [2.45, 2.75) is 25.7 Å². The molecule has 0 saturated carbocycles. The molecule has 0 atom stereocenters. The molecule has 0 aliphatic rings. The van der Waals surface area contributed by atoms with Gasteiger partial charge >= 0.3 is 0 Å². The molecule has 0 fully saturated rings. The Hall–Kier alpha value is -1.75. The minimum Gasteiger partial charge on any atom is -0.437 e. The van der Waals surface area contributed by atoms with Gasteiger partial charge in [0.25, 0.3) is 0 Å². The second-order valence-corrected chi connectivity index (χ2v) is 5.18. The van der Waals surface area contributed by atoms with Crippen LogP contribution in [-0.4, -0.2) is 22.8 Å². The van der Waals surface area contributed by atoms with Crippen molar-refractivity contribution in [3.05, 3.63) is 35.7 Å². The minimum absolute atomic E-state index is 0.606. The first-order valence-corrected chi connectivity index (χ1v) is 7.78. The van der Waals surface area contributed by atoms with Crippen LogP contribution in [0.5, 0.6) is 11.6 Å². The summed E-state index contributed by atoms with van der Waals surface area (Å²) >= 11 is 1.66. The Labute approximate surface area is 124 Å². The molecule has 20 heavy (non-hydrogen) atoms. The van der Waals surface area contributed by atoms with Gasteiger partial charge < -0.3 is 10.1 Å². The lowest BCUT2D eigenvalue weighted by Gasteiger charge is -2.14. The number of ether oxygens (including phenoxy) is 1. The topological polar surface area (TPSA) is 47.0 Å². The zero-order chi connectivity index (χ0) is 14.5. The summed E-state index contributed by atoms with van der Waals surface area (Å²) in [5.74, 6) is 2.96. The first-order valence-electron chi connectivity index (χ1n) is 6.55. The summed E-state index contributed by atoms with van der Waals surface area (Å²) in [7, 11) is 0. The highest BCUT2D eigenvalue weighted by molar-refractivity contribution is 7.98. The smallest absolute Gasteiger partial charge is 0.227 e. The van der Waals surface area contributed by atoms with Gasteiger partial charge in [0.15, 0.2) is 0 Å². The van der Waals surface area contributed by atoms with Crippen LogP contribution >= 0.6 is 11.8 Å². The van der Waals surface area contributed by atoms with Crippen molar-refractivity contribution >= 4 is 17.6 Å². The molecule has 1 aromatic carbocycles. The third-order valence-corrected chi connectivity index (χ3v) is 3.61. The molecule has 0 bridgehead atoms. The molecule has 106 valence electrons. The maximum atomic E-state index is 5.99. The van der Waals surface area contributed by atoms with Crippen molar-refractivity contribution in [2.75, 3.05) is 18.1 Å². The number of benzene rings is 1. The van der Waals surface area contributed by atoms with Crippen molar-refractivity contribution in [1.82, 2.24) is 9.97 Å². The molecule has 1 N–H and O–H groups in total. The number of thioether (sulfide) groups is 1. The molecule has 0 unspecified atom stereocenters. The van der Waals surface area contributed by atoms with Gasteiger partial charge in [-0.3, -0.25) is 0 Å². The van der Waals surface area contributed by atoms with Crippen LogP contribution in [0.4, 0.5) is 5.82 Å². The number of nitrogens with zero attached hydrogens (tertiary/aromatic N) is 2. The Morgan fingerprint density at radius 1 is 1.20 bits per heavy atom. The van der Waals surface area contributed by atoms with Gasteiger partial charge in [0.05, 0.1) is 5.56 Å². The predicted octanol–water partition coefficient (Wildman–Crippen LogP) is 4.04. The summed E-state index contributed by atoms with van der Waals surface area (Å²) in [5.41, 5.74) is 0.924. The standard InChI is InChI=1S/C15H19N3OS/c1-5-16-14-10(2)15(18-11(3)17-14)19-12-8-6-7-9-13(12)20-4/h6-9H,5H2,1-4H3,(H,16,17,18). The number of hydrogen-bond acceptors (Lipinski definition) is 5. The van der Waals surface area contributed by atoms with E-state index in [-0.39, 0.29) is 0 Å². The average molecular weight is 289 g/mol. The Bertz CT molecular complexity index is 602. The number of para-hydroxylation sites is 1. The normalized spacial score (nSPS) is 10.4. The Morgan fingerprint density at radius 2 is 1.95 bits per heavy atom. The number of aryl methyl sites for hydroxylation is 1. The van der Waals surface area contributed by atoms with Crippen molar-refractivity contribution in [2.24, 2.45) is 0 Å². The zero-order valence-corrected chi connectivity index (χ0v) is 13.0. The fourth-order valence-electron chi connectivity index (χ4n) is 1.85. The van der Waals surface area contributed by atoms with Gasteiger partial charge in [0.1, 0.15) is 17.4 Å². The molecule has 0 spiro atoms. The number of rotatable bonds is 5. The van der Waals surface area contributed by atoms with Crippen LogP contribution in [0.2, 0.25) is 0 Å². The summed E-state index contributed by atoms with van der Waals surface area (Å²) in [6, 6.07) is 7.95. The molecule has 0 saturated heterocycles. The quantitative estimate of drug-likeness (QED) is 0.842. The SMILES string of the molecule is CCNc1nc(C)nc(Oc2ccccc2SC)c1C. The zero-order valence-electron chi connectivity index (χ0n) is 12.2. The van der Waals surface area contributed by atoms with Gasteiger partial charge in [-0.2, -0.15) is 4.98 Å². The molecule has 0 radical (unpaired) electrons. The van der Waals surface area contributed by atoms with E-state index >= 15 is 0 Å². The Morgan fingerprint density at radius 3 is 2.65 bits per heavy atom. The van der Waals surface area contributed by atoms with Crippen molar-refractivity contribution < 1.29 is 4.74 Å². The van der Waals surface area contributed by atoms with Crippen LogP contribution < -0.4 is 10.1 Å². The van der Waals surface area contributed by atoms with Crippen LogP contribution in [0.1, 0.15) is 18.3 Å². The minimum atomic E-state index is 0.606. The second-order valence-electron chi connectivity index (χ2n) is 4.33. The van der Waals surface area contributed by atoms with E-state index < -0.39 is 0 Å². The van der Waals surface area contributed by atoms with Crippen LogP contribution in [0.15, 0.2) is 29.2 Å². The van der Waals surface area contributed by atoms with Gasteiger partial charge in [-0.25, -0.2) is 4.98 Å². The number of nitrogens with one attached hydrogen (secondary N) is 1. The maximum Gasteiger partial charge on any atom is 0.227 e. The molecular weight excluding hydrogens is 270 g/mol. The highest BCUT2D eigenvalue weighted by Gasteiger charge is 2.12. The van der Waals surface area contributed by atoms with Crippen molar-refractivity contribution in [3.63, 3.8) is 0 Å². The molecule has 2 rings (SSSR count). The van der Waals surface area contributed by atoms with Gasteiger partial charge in [-0.05, 0) is 39.2 Å². The van der Waals surface area contributed by atoms with E-state index in [1.807, 2.05) is 51.3 Å². The molecule has 1 aromatic heterocycles. The van der Waals surface area contributed by atoms with E-state index in [4.69, 9.17) is 4.74 Å². The van der Waals surface area contributed by atoms with E-state index in [2.05, 4.69) is 15.3 Å². The fourth-order valence-corrected chi connectivity index (χ4v) is 2.37. The molecule has 0 aliphatic carbocycles. The maximum absolute atomic E-state index is 5.99. The first-order chi connectivity index (χ1) is 9.65. The summed E-state index contributed by atoms with van der Waals surface area (Å²) in [6.07, 6.45) is 2.03. The van der Waals surface area contributed by atoms with Crippen LogP contribution in [0.3, 0.4) is 0 Å². The average Bonchev–Trinajstić information content (AvgIpc) is 2.44. The van der Waals surface area contributed by atoms with E-state index in [9.17, 15) is 0 Å². The number of anilines is 1. The fraction of sp³-hybridized carbons (Fsp3) is 0.333. The van der Waals surface area contributed by atoms with E-state index in [1.165, 1.54) is 0 Å². The molecule has 4 nitrogen and oxygen atoms in total. The lowest BCUT2D eigenvalue weighted by Crippen LogP contribution is -2.06. The van der Waals surface area contributed by atoms with E-state index in [0.717, 1.165) is 28.6 Å². The van der Waals surface area contributed by atoms with E-state index in [1.54, 1.807) is 11.8 Å². The molecule has 2 aromatic rings. The summed E-state index contributed by atoms with van der Waals surface area (Å²) in [6.45, 7) is 6.70. The lowest BCUT2D eigenvalue weighted by molar-refractivity contribution is 0.446. The van der Waals surface area contributed by atoms with Gasteiger partial charge in [0.2, 0.25) is 5.88 Å². The third-order valence-electron chi connectivity index (χ3n) is 2.83. The molecule has 1 heterocycles. The van der Waals surface area contributed by atoms with Crippen LogP contribution in [-0.2, 0) is 0 Å². The third kappa shape index (κ3) is 3.22. The molecule has 5 heteroatoms. The largest absolute Gasteiger partial charge is 0.437 e. The summed E-state index contributed by atoms with van der Waals surface area (Å²) in [5, 5.41) is 3.24. The summed E-state index contributed by atoms with van der Waals surface area (Å²) in [4.78, 5) is 9.89. The van der Waals surface area contributed by atoms with Crippen molar-refractivity contribution in [3.8, 4) is 11.6 Å². The van der Waals surface area contributed by atoms with Gasteiger partial charge in [-0.1, -0.05) is 12.1 Å². The Balaban J connectivity index is 2.38. The molecule has 0 aliphatic heterocycles. The molecule has 0 amide bonds. The van der Waals surface area contributed by atoms with E-state index in [0.29, 0.717) is 11.7 Å². The second kappa shape index (κ2) is 6.61. The number of hydrogen-bond donors (Lipinski definition) is 1. The Kier molecular flexibility index (Phi) is 4.84. The molecular formula is C15H19N3OS. The first kappa shape index (κ1) is 14.7. The number of aromatic nitrogens is 2. The highest BCUT2D eigenvalue weighted by atomic mass is 32.2. The van der Waals surface area contributed by atoms with Crippen molar-refractivity contribution in [1.29, 1.82) is 0 Å². The van der Waals surface area contributed by atoms with Gasteiger partial charge in [0, 0.05) is 11.4 Å². The lowest BCUT2D eigenvalue weighted by atomic mass is 10.3. The summed E-state index contributed by atoms with van der Waals surface area (Å²) < 4.78 is 5.99. The predicted molar refractivity (Wildman–Crippen MR) is 84.0 cm³/mol. The monoisotopic (exact) mass is 289 g/mol.